The largest absolute Gasteiger partial charge is 0.505 e. The van der Waals surface area contributed by atoms with Crippen LogP contribution < -0.4 is 11.2 Å². The van der Waals surface area contributed by atoms with Crippen LogP contribution >= 0.6 is 11.8 Å². The summed E-state index contributed by atoms with van der Waals surface area (Å²) in [5.41, 5.74) is 1.20. The molecule has 0 aliphatic rings. The van der Waals surface area contributed by atoms with Crippen molar-refractivity contribution in [3.8, 4) is 22.7 Å². The number of aromatic nitrogens is 1. The number of carbonyl (C=O) groups excluding carboxylic acids is 1. The molecule has 8 heteroatoms. The van der Waals surface area contributed by atoms with Crippen molar-refractivity contribution in [1.82, 2.24) is 9.47 Å². The third kappa shape index (κ3) is 4.37. The number of hydrogen-bond donors (Lipinski definition) is 1. The predicted molar refractivity (Wildman–Crippen MR) is 139 cm³/mol. The van der Waals surface area contributed by atoms with E-state index in [9.17, 15) is 19.5 Å². The summed E-state index contributed by atoms with van der Waals surface area (Å²) >= 11 is 0.576. The van der Waals surface area contributed by atoms with Crippen LogP contribution in [0.2, 0.25) is 0 Å². The van der Waals surface area contributed by atoms with Gasteiger partial charge in [0, 0.05) is 24.3 Å². The molecule has 4 aromatic rings. The molecule has 180 valence electrons. The van der Waals surface area contributed by atoms with Gasteiger partial charge in [-0.15, -0.1) is 0 Å². The Labute approximate surface area is 206 Å². The lowest BCUT2D eigenvalue weighted by molar-refractivity contribution is 0.228. The molecule has 0 aliphatic carbocycles. The third-order valence-electron chi connectivity index (χ3n) is 5.89. The Balaban J connectivity index is 2.11. The van der Waals surface area contributed by atoms with Gasteiger partial charge in [-0.1, -0.05) is 55.5 Å². The highest BCUT2D eigenvalue weighted by Gasteiger charge is 2.27. The Morgan fingerprint density at radius 1 is 0.971 bits per heavy atom. The van der Waals surface area contributed by atoms with Crippen LogP contribution in [-0.4, -0.2) is 32.9 Å². The zero-order valence-electron chi connectivity index (χ0n) is 19.8. The highest BCUT2D eigenvalue weighted by molar-refractivity contribution is 8.13. The number of benzene rings is 2. The first-order valence-corrected chi connectivity index (χ1v) is 12.3. The summed E-state index contributed by atoms with van der Waals surface area (Å²) < 4.78 is 7.18. The maximum Gasteiger partial charge on any atom is 0.354 e. The molecule has 0 unspecified atom stereocenters. The molecular weight excluding hydrogens is 464 g/mol. The predicted octanol–water partition coefficient (Wildman–Crippen LogP) is 5.43. The van der Waals surface area contributed by atoms with Crippen molar-refractivity contribution in [3.05, 3.63) is 87.0 Å². The second-order valence-electron chi connectivity index (χ2n) is 7.83. The maximum absolute atomic E-state index is 13.9. The maximum atomic E-state index is 13.9. The quantitative estimate of drug-likeness (QED) is 0.362. The first-order chi connectivity index (χ1) is 16.9. The van der Waals surface area contributed by atoms with Crippen molar-refractivity contribution in [3.63, 3.8) is 0 Å². The summed E-state index contributed by atoms with van der Waals surface area (Å²) in [6, 6.07) is 18.5. The highest BCUT2D eigenvalue weighted by Crippen LogP contribution is 2.37. The molecule has 7 nitrogen and oxygen atoms in total. The molecular formula is C27H26N2O5S. The lowest BCUT2D eigenvalue weighted by Crippen LogP contribution is -2.27. The topological polar surface area (TPSA) is 92.8 Å². The second-order valence-corrected chi connectivity index (χ2v) is 8.80. The minimum atomic E-state index is -0.855. The van der Waals surface area contributed by atoms with E-state index in [1.807, 2.05) is 69.3 Å². The number of carbonyl (C=O) groups is 1. The van der Waals surface area contributed by atoms with Crippen LogP contribution in [0.3, 0.4) is 0 Å². The molecule has 1 amide bonds. The van der Waals surface area contributed by atoms with Gasteiger partial charge in [-0.2, -0.15) is 0 Å². The van der Waals surface area contributed by atoms with Gasteiger partial charge < -0.3 is 14.4 Å². The van der Waals surface area contributed by atoms with Gasteiger partial charge in [0.05, 0.1) is 5.69 Å². The molecule has 2 heterocycles. The van der Waals surface area contributed by atoms with E-state index in [2.05, 4.69) is 0 Å². The number of aryl methyl sites for hydroxylation is 1. The Morgan fingerprint density at radius 2 is 1.57 bits per heavy atom. The number of fused-ring (bicyclic) bond motifs is 1. The number of thioether (sulfide) groups is 1. The van der Waals surface area contributed by atoms with E-state index in [1.54, 1.807) is 12.1 Å². The lowest BCUT2D eigenvalue weighted by atomic mass is 10.00. The molecule has 0 saturated carbocycles. The van der Waals surface area contributed by atoms with E-state index in [0.29, 0.717) is 48.2 Å². The van der Waals surface area contributed by atoms with Crippen LogP contribution in [0.4, 0.5) is 4.79 Å². The van der Waals surface area contributed by atoms with Crippen LogP contribution in [0, 0.1) is 0 Å². The van der Waals surface area contributed by atoms with Crippen LogP contribution in [-0.2, 0) is 6.42 Å². The SMILES string of the molecule is CCc1c(-c2ccccc2)n(-c2ccccc2)c(=O)c2c(O)c(SC(=O)N(CC)CC)c(=O)oc12. The van der Waals surface area contributed by atoms with E-state index in [4.69, 9.17) is 4.42 Å². The number of pyridine rings is 1. The van der Waals surface area contributed by atoms with Gasteiger partial charge in [0.25, 0.3) is 10.8 Å². The molecule has 2 aromatic heterocycles. The fourth-order valence-electron chi connectivity index (χ4n) is 4.15. The molecule has 4 rings (SSSR count). The zero-order valence-corrected chi connectivity index (χ0v) is 20.6. The van der Waals surface area contributed by atoms with Gasteiger partial charge in [0.2, 0.25) is 0 Å². The highest BCUT2D eigenvalue weighted by atomic mass is 32.2. The Hall–Kier alpha value is -3.78. The average molecular weight is 491 g/mol. The van der Waals surface area contributed by atoms with Gasteiger partial charge in [-0.25, -0.2) is 4.79 Å². The van der Waals surface area contributed by atoms with E-state index < -0.39 is 22.2 Å². The van der Waals surface area contributed by atoms with Crippen molar-refractivity contribution in [2.45, 2.75) is 32.1 Å². The number of hydrogen-bond acceptors (Lipinski definition) is 6. The van der Waals surface area contributed by atoms with E-state index in [1.165, 1.54) is 9.47 Å². The van der Waals surface area contributed by atoms with Crippen molar-refractivity contribution in [1.29, 1.82) is 0 Å². The summed E-state index contributed by atoms with van der Waals surface area (Å²) in [7, 11) is 0. The van der Waals surface area contributed by atoms with E-state index in [-0.39, 0.29) is 15.9 Å². The summed E-state index contributed by atoms with van der Waals surface area (Å²) in [5, 5.41) is 10.6. The molecule has 2 aromatic carbocycles. The first kappa shape index (κ1) is 24.3. The minimum Gasteiger partial charge on any atom is -0.505 e. The molecule has 1 N–H and O–H groups in total. The number of amides is 1. The van der Waals surface area contributed by atoms with Crippen molar-refractivity contribution < 1.29 is 14.3 Å². The van der Waals surface area contributed by atoms with Crippen molar-refractivity contribution in [2.75, 3.05) is 13.1 Å². The summed E-state index contributed by atoms with van der Waals surface area (Å²) in [5.74, 6) is -0.536. The fourth-order valence-corrected chi connectivity index (χ4v) is 5.03. The van der Waals surface area contributed by atoms with E-state index in [0.717, 1.165) is 5.56 Å². The average Bonchev–Trinajstić information content (AvgIpc) is 2.87. The van der Waals surface area contributed by atoms with Gasteiger partial charge in [-0.3, -0.25) is 14.2 Å². The lowest BCUT2D eigenvalue weighted by Gasteiger charge is -2.20. The molecule has 0 radical (unpaired) electrons. The fraction of sp³-hybridized carbons (Fsp3) is 0.222. The van der Waals surface area contributed by atoms with Crippen molar-refractivity contribution >= 4 is 28.0 Å². The van der Waals surface area contributed by atoms with Crippen LogP contribution in [0.1, 0.15) is 26.3 Å². The number of aromatic hydroxyl groups is 1. The monoisotopic (exact) mass is 490 g/mol. The van der Waals surface area contributed by atoms with Crippen LogP contribution in [0.15, 0.2) is 79.6 Å². The second kappa shape index (κ2) is 10.2. The first-order valence-electron chi connectivity index (χ1n) is 11.5. The standard InChI is InChI=1S/C27H26N2O5S/c1-4-19-21(17-13-9-7-10-14-17)29(18-15-11-8-12-16-18)25(31)20-22(30)24(26(32)34-23(19)20)35-27(33)28(5-2)6-3/h7-16,30H,4-6H2,1-3H3. The van der Waals surface area contributed by atoms with E-state index >= 15 is 0 Å². The number of rotatable bonds is 6. The van der Waals surface area contributed by atoms with Crippen LogP contribution in [0.25, 0.3) is 27.9 Å². The number of nitrogens with zero attached hydrogens (tertiary/aromatic N) is 2. The molecule has 0 fully saturated rings. The smallest absolute Gasteiger partial charge is 0.354 e. The molecule has 0 saturated heterocycles. The zero-order chi connectivity index (χ0) is 25.1. The van der Waals surface area contributed by atoms with Crippen LogP contribution in [0.5, 0.6) is 5.75 Å². The van der Waals surface area contributed by atoms with Gasteiger partial charge in [-0.05, 0) is 49.7 Å². The van der Waals surface area contributed by atoms with Gasteiger partial charge in [0.1, 0.15) is 10.3 Å². The Kier molecular flexibility index (Phi) is 7.12. The van der Waals surface area contributed by atoms with Gasteiger partial charge in [0.15, 0.2) is 11.3 Å². The minimum absolute atomic E-state index is 0.0330. The molecule has 35 heavy (non-hydrogen) atoms. The molecule has 0 atom stereocenters. The van der Waals surface area contributed by atoms with Gasteiger partial charge >= 0.3 is 5.63 Å². The normalized spacial score (nSPS) is 11.1. The summed E-state index contributed by atoms with van der Waals surface area (Å²) in [4.78, 5) is 40.8. The molecule has 0 bridgehead atoms. The Bertz CT molecular complexity index is 1490. The third-order valence-corrected chi connectivity index (χ3v) is 6.88. The van der Waals surface area contributed by atoms with Crippen molar-refractivity contribution in [2.24, 2.45) is 0 Å². The summed E-state index contributed by atoms with van der Waals surface area (Å²) in [6.45, 7) is 6.43. The Morgan fingerprint density at radius 3 is 2.14 bits per heavy atom. The molecule has 0 spiro atoms. The summed E-state index contributed by atoms with van der Waals surface area (Å²) in [6.07, 6.45) is 0.432. The number of para-hydroxylation sites is 1. The molecule has 0 aliphatic heterocycles.